The van der Waals surface area contributed by atoms with Crippen molar-refractivity contribution >= 4 is 27.5 Å². The molecule has 1 heterocycles. The summed E-state index contributed by atoms with van der Waals surface area (Å²) in [7, 11) is 2.10. The van der Waals surface area contributed by atoms with Gasteiger partial charge in [-0.2, -0.15) is 0 Å². The van der Waals surface area contributed by atoms with E-state index in [9.17, 15) is 0 Å². The first-order chi connectivity index (χ1) is 9.06. The highest BCUT2D eigenvalue weighted by atomic mass is 79.9. The van der Waals surface area contributed by atoms with E-state index in [0.29, 0.717) is 6.04 Å². The quantitative estimate of drug-likeness (QED) is 0.803. The van der Waals surface area contributed by atoms with Gasteiger partial charge in [-0.3, -0.25) is 9.88 Å². The second-order valence-electron chi connectivity index (χ2n) is 4.61. The van der Waals surface area contributed by atoms with E-state index in [2.05, 4.69) is 51.9 Å². The minimum absolute atomic E-state index is 0.322. The Morgan fingerprint density at radius 2 is 1.89 bits per heavy atom. The van der Waals surface area contributed by atoms with Gasteiger partial charge in [0.1, 0.15) is 0 Å². The van der Waals surface area contributed by atoms with Crippen LogP contribution < -0.4 is 0 Å². The van der Waals surface area contributed by atoms with Crippen LogP contribution >= 0.6 is 27.5 Å². The Hall–Kier alpha value is -0.900. The molecule has 100 valence electrons. The molecule has 0 radical (unpaired) electrons. The molecular formula is C15H16BrClN2. The molecule has 0 bridgehead atoms. The first-order valence-electron chi connectivity index (χ1n) is 6.12. The Labute approximate surface area is 127 Å². The average molecular weight is 340 g/mol. The van der Waals surface area contributed by atoms with Crippen molar-refractivity contribution in [1.82, 2.24) is 9.88 Å². The average Bonchev–Trinajstić information content (AvgIpc) is 2.41. The lowest BCUT2D eigenvalue weighted by atomic mass is 10.1. The van der Waals surface area contributed by atoms with Gasteiger partial charge in [-0.25, -0.2) is 0 Å². The van der Waals surface area contributed by atoms with Crippen molar-refractivity contribution in [3.05, 3.63) is 63.3 Å². The Kier molecular flexibility index (Phi) is 4.97. The smallest absolute Gasteiger partial charge is 0.0544 e. The normalized spacial score (nSPS) is 12.7. The molecule has 0 aliphatic heterocycles. The molecule has 1 unspecified atom stereocenters. The lowest BCUT2D eigenvalue weighted by Gasteiger charge is -2.24. The van der Waals surface area contributed by atoms with Crippen LogP contribution in [0.3, 0.4) is 0 Å². The van der Waals surface area contributed by atoms with Gasteiger partial charge >= 0.3 is 0 Å². The van der Waals surface area contributed by atoms with E-state index >= 15 is 0 Å². The van der Waals surface area contributed by atoms with Gasteiger partial charge in [-0.1, -0.05) is 23.7 Å². The lowest BCUT2D eigenvalue weighted by Crippen LogP contribution is -2.22. The summed E-state index contributed by atoms with van der Waals surface area (Å²) < 4.78 is 1.00. The van der Waals surface area contributed by atoms with Gasteiger partial charge < -0.3 is 0 Å². The largest absolute Gasteiger partial charge is 0.294 e. The number of hydrogen-bond donors (Lipinski definition) is 0. The van der Waals surface area contributed by atoms with Crippen molar-refractivity contribution in [1.29, 1.82) is 0 Å². The molecule has 2 rings (SSSR count). The van der Waals surface area contributed by atoms with E-state index in [1.54, 1.807) is 0 Å². The van der Waals surface area contributed by atoms with Crippen molar-refractivity contribution in [2.45, 2.75) is 19.5 Å². The molecule has 1 atom stereocenters. The number of pyridine rings is 1. The molecule has 0 N–H and O–H groups in total. The van der Waals surface area contributed by atoms with Crippen LogP contribution in [0.5, 0.6) is 0 Å². The second-order valence-corrected chi connectivity index (χ2v) is 5.96. The van der Waals surface area contributed by atoms with Crippen molar-refractivity contribution in [2.75, 3.05) is 7.05 Å². The van der Waals surface area contributed by atoms with E-state index in [-0.39, 0.29) is 0 Å². The summed E-state index contributed by atoms with van der Waals surface area (Å²) in [6.45, 7) is 3.00. The summed E-state index contributed by atoms with van der Waals surface area (Å²) in [4.78, 5) is 6.66. The lowest BCUT2D eigenvalue weighted by molar-refractivity contribution is 0.250. The predicted octanol–water partition coefficient (Wildman–Crippen LogP) is 4.69. The molecule has 0 fully saturated rings. The number of nitrogens with zero attached hydrogens (tertiary/aromatic N) is 2. The zero-order chi connectivity index (χ0) is 13.8. The fourth-order valence-corrected chi connectivity index (χ4v) is 2.25. The highest BCUT2D eigenvalue weighted by Crippen LogP contribution is 2.22. The van der Waals surface area contributed by atoms with Crippen LogP contribution in [-0.4, -0.2) is 16.9 Å². The fraction of sp³-hybridized carbons (Fsp3) is 0.267. The van der Waals surface area contributed by atoms with E-state index in [4.69, 9.17) is 11.6 Å². The van der Waals surface area contributed by atoms with Crippen molar-refractivity contribution < 1.29 is 0 Å². The van der Waals surface area contributed by atoms with Gasteiger partial charge in [0, 0.05) is 28.3 Å². The molecule has 0 amide bonds. The van der Waals surface area contributed by atoms with Crippen LogP contribution in [0.2, 0.25) is 5.02 Å². The van der Waals surface area contributed by atoms with Gasteiger partial charge in [-0.05, 0) is 59.7 Å². The van der Waals surface area contributed by atoms with Crippen LogP contribution in [0.15, 0.2) is 47.1 Å². The monoisotopic (exact) mass is 338 g/mol. The second kappa shape index (κ2) is 6.51. The zero-order valence-corrected chi connectivity index (χ0v) is 13.3. The van der Waals surface area contributed by atoms with E-state index in [1.807, 2.05) is 30.5 Å². The summed E-state index contributed by atoms with van der Waals surface area (Å²) in [5, 5.41) is 0.771. The van der Waals surface area contributed by atoms with Crippen LogP contribution in [0.1, 0.15) is 24.2 Å². The van der Waals surface area contributed by atoms with Crippen LogP contribution in [0.4, 0.5) is 0 Å². The summed E-state index contributed by atoms with van der Waals surface area (Å²) in [5.41, 5.74) is 2.32. The zero-order valence-electron chi connectivity index (χ0n) is 11.0. The van der Waals surface area contributed by atoms with Crippen LogP contribution in [0, 0.1) is 0 Å². The van der Waals surface area contributed by atoms with Crippen molar-refractivity contribution in [3.63, 3.8) is 0 Å². The Balaban J connectivity index is 2.04. The number of benzene rings is 1. The summed E-state index contributed by atoms with van der Waals surface area (Å²) >= 11 is 9.31. The molecule has 0 saturated heterocycles. The summed E-state index contributed by atoms with van der Waals surface area (Å²) in [6.07, 6.45) is 1.83. The topological polar surface area (TPSA) is 16.1 Å². The maximum atomic E-state index is 5.91. The maximum Gasteiger partial charge on any atom is 0.0544 e. The van der Waals surface area contributed by atoms with Gasteiger partial charge in [-0.15, -0.1) is 0 Å². The molecule has 0 saturated carbocycles. The standard InChI is InChI=1S/C15H16BrClN2/c1-11(12-3-6-14(17)7-4-12)19(2)10-15-8-5-13(16)9-18-15/h3-9,11H,10H2,1-2H3. The molecule has 0 spiro atoms. The molecular weight excluding hydrogens is 324 g/mol. The molecule has 2 aromatic rings. The SMILES string of the molecule is CC(c1ccc(Cl)cc1)N(C)Cc1ccc(Br)cn1. The number of aromatic nitrogens is 1. The minimum atomic E-state index is 0.322. The molecule has 1 aromatic heterocycles. The Bertz CT molecular complexity index is 525. The fourth-order valence-electron chi connectivity index (χ4n) is 1.89. The van der Waals surface area contributed by atoms with Gasteiger partial charge in [0.2, 0.25) is 0 Å². The van der Waals surface area contributed by atoms with Crippen molar-refractivity contribution in [2.24, 2.45) is 0 Å². The van der Waals surface area contributed by atoms with Gasteiger partial charge in [0.05, 0.1) is 5.69 Å². The molecule has 0 aliphatic carbocycles. The maximum absolute atomic E-state index is 5.91. The molecule has 19 heavy (non-hydrogen) atoms. The molecule has 1 aromatic carbocycles. The third-order valence-corrected chi connectivity index (χ3v) is 3.93. The van der Waals surface area contributed by atoms with Gasteiger partial charge in [0.25, 0.3) is 0 Å². The van der Waals surface area contributed by atoms with Gasteiger partial charge in [0.15, 0.2) is 0 Å². The third kappa shape index (κ3) is 4.03. The molecule has 0 aliphatic rings. The van der Waals surface area contributed by atoms with E-state index in [0.717, 1.165) is 21.7 Å². The highest BCUT2D eigenvalue weighted by Gasteiger charge is 2.12. The first-order valence-corrected chi connectivity index (χ1v) is 7.29. The third-order valence-electron chi connectivity index (χ3n) is 3.21. The summed E-state index contributed by atoms with van der Waals surface area (Å²) in [5.74, 6) is 0. The highest BCUT2D eigenvalue weighted by molar-refractivity contribution is 9.10. The van der Waals surface area contributed by atoms with Crippen LogP contribution in [-0.2, 0) is 6.54 Å². The number of rotatable bonds is 4. The number of hydrogen-bond acceptors (Lipinski definition) is 2. The van der Waals surface area contributed by atoms with E-state index in [1.165, 1.54) is 5.56 Å². The predicted molar refractivity (Wildman–Crippen MR) is 83.3 cm³/mol. The van der Waals surface area contributed by atoms with Crippen molar-refractivity contribution in [3.8, 4) is 0 Å². The first kappa shape index (κ1) is 14.5. The Morgan fingerprint density at radius 3 is 2.47 bits per heavy atom. The molecule has 4 heteroatoms. The van der Waals surface area contributed by atoms with E-state index < -0.39 is 0 Å². The Morgan fingerprint density at radius 1 is 1.21 bits per heavy atom. The molecule has 2 nitrogen and oxygen atoms in total. The number of halogens is 2. The minimum Gasteiger partial charge on any atom is -0.294 e. The van der Waals surface area contributed by atoms with Crippen LogP contribution in [0.25, 0.3) is 0 Å². The summed E-state index contributed by atoms with van der Waals surface area (Å²) in [6, 6.07) is 12.4.